The highest BCUT2D eigenvalue weighted by Crippen LogP contribution is 2.50. The van der Waals surface area contributed by atoms with Gasteiger partial charge in [0, 0.05) is 0 Å². The molecule has 0 N–H and O–H groups in total. The first-order valence-corrected chi connectivity index (χ1v) is 14.1. The van der Waals surface area contributed by atoms with Crippen molar-refractivity contribution < 1.29 is 35.5 Å². The fraction of sp³-hybridized carbons (Fsp3) is 0.500. The van der Waals surface area contributed by atoms with E-state index in [2.05, 4.69) is 81.6 Å². The van der Waals surface area contributed by atoms with Gasteiger partial charge in [0.15, 0.2) is 0 Å². The van der Waals surface area contributed by atoms with Gasteiger partial charge in [0.2, 0.25) is 6.34 Å². The Morgan fingerprint density at radius 3 is 1.68 bits per heavy atom. The quantitative estimate of drug-likeness (QED) is 0.148. The van der Waals surface area contributed by atoms with E-state index < -0.39 is 14.9 Å². The molecule has 37 heavy (non-hydrogen) atoms. The first-order valence-electron chi connectivity index (χ1n) is 12.4. The highest BCUT2D eigenvalue weighted by atomic mass is 31.2. The minimum Gasteiger partial charge on any atom is -0.418 e. The number of rotatable bonds is 8. The Kier molecular flexibility index (Phi) is 10.6. The van der Waals surface area contributed by atoms with Crippen LogP contribution in [0.1, 0.15) is 47.2 Å². The Morgan fingerprint density at radius 1 is 0.865 bits per heavy atom. The van der Waals surface area contributed by atoms with Crippen LogP contribution in [0.3, 0.4) is 0 Å². The summed E-state index contributed by atoms with van der Waals surface area (Å²) in [5.41, 5.74) is 9.81. The molecule has 0 saturated heterocycles. The third-order valence-corrected chi connectivity index (χ3v) is 8.14. The van der Waals surface area contributed by atoms with Crippen LogP contribution in [0.15, 0.2) is 24.3 Å². The molecule has 0 bridgehead atoms. The van der Waals surface area contributed by atoms with Gasteiger partial charge < -0.3 is 26.3 Å². The molecule has 1 aliphatic heterocycles. The third kappa shape index (κ3) is 8.69. The Morgan fingerprint density at radius 2 is 1.27 bits per heavy atom. The second-order valence-corrected chi connectivity index (χ2v) is 11.6. The zero-order chi connectivity index (χ0) is 28.1. The summed E-state index contributed by atoms with van der Waals surface area (Å²) in [6.07, 6.45) is 2.53. The van der Waals surface area contributed by atoms with Crippen LogP contribution in [0.2, 0.25) is 0 Å². The number of anilines is 1. The average Bonchev–Trinajstić information content (AvgIpc) is 3.07. The third-order valence-electron chi connectivity index (χ3n) is 5.97. The molecule has 2 aromatic carbocycles. The van der Waals surface area contributed by atoms with Gasteiger partial charge in [-0.05, 0) is 77.6 Å². The topological polar surface area (TPSA) is 41.8 Å². The summed E-state index contributed by atoms with van der Waals surface area (Å²) in [5.74, 6) is 0. The smallest absolute Gasteiger partial charge is 0.418 e. The van der Waals surface area contributed by atoms with Gasteiger partial charge in [0.25, 0.3) is 0 Å². The summed E-state index contributed by atoms with van der Waals surface area (Å²) in [6, 6.07) is 8.84. The number of benzene rings is 2. The predicted octanol–water partition coefficient (Wildman–Crippen LogP) is 7.66. The van der Waals surface area contributed by atoms with Crippen molar-refractivity contribution in [2.45, 2.75) is 61.4 Å². The number of nitrogens with zero attached hydrogens (tertiary/aromatic N) is 2. The van der Waals surface area contributed by atoms with Gasteiger partial charge in [0.05, 0.1) is 19.4 Å². The Bertz CT molecular complexity index is 1120. The number of aryl methyl sites for hydroxylation is 6. The van der Waals surface area contributed by atoms with Crippen LogP contribution < -0.4 is 4.90 Å². The standard InChI is InChI=1S/C26H38N2O3P.BF4/c1-9-30-32(29,31-10-2)16-24-15-27(25-20(5)11-18(3)12-21(25)6)17-28(24)26-22(7)13-19(4)14-23(26)8;2-1(3,4)5/h11-14,17,24H,9-10,15-16H2,1-8H3;/q+1;-1. The van der Waals surface area contributed by atoms with Crippen LogP contribution in [0.25, 0.3) is 0 Å². The van der Waals surface area contributed by atoms with Gasteiger partial charge in [0.1, 0.15) is 24.0 Å². The lowest BCUT2D eigenvalue weighted by molar-refractivity contribution is -0.428. The minimum atomic E-state index is -6.00. The van der Waals surface area contributed by atoms with E-state index in [1.807, 2.05) is 13.8 Å². The van der Waals surface area contributed by atoms with E-state index in [9.17, 15) is 21.8 Å². The van der Waals surface area contributed by atoms with Crippen molar-refractivity contribution in [3.63, 3.8) is 0 Å². The van der Waals surface area contributed by atoms with Crippen molar-refractivity contribution in [3.8, 4) is 0 Å². The summed E-state index contributed by atoms with van der Waals surface area (Å²) in [5, 5.41) is 0. The Labute approximate surface area is 218 Å². The number of hydrogen-bond acceptors (Lipinski definition) is 4. The maximum atomic E-state index is 13.5. The van der Waals surface area contributed by atoms with Gasteiger partial charge in [-0.15, -0.1) is 0 Å². The van der Waals surface area contributed by atoms with Crippen molar-refractivity contribution >= 4 is 32.6 Å². The van der Waals surface area contributed by atoms with Crippen LogP contribution in [0, 0.1) is 41.5 Å². The first kappa shape index (κ1) is 31.1. The van der Waals surface area contributed by atoms with Crippen molar-refractivity contribution in [3.05, 3.63) is 57.6 Å². The molecule has 1 aliphatic rings. The van der Waals surface area contributed by atoms with Gasteiger partial charge in [-0.2, -0.15) is 0 Å². The SMILES string of the molecule is CCOP(=O)(CC1C[N+](c2c(C)cc(C)cc2C)=CN1c1c(C)cc(C)cc1C)OCC.F[B-](F)(F)F. The molecule has 0 saturated carbocycles. The molecular weight excluding hydrogens is 506 g/mol. The summed E-state index contributed by atoms with van der Waals surface area (Å²) in [6.45, 7) is 18.1. The van der Waals surface area contributed by atoms with E-state index in [0.29, 0.717) is 19.4 Å². The van der Waals surface area contributed by atoms with Crippen LogP contribution in [0.5, 0.6) is 0 Å². The largest absolute Gasteiger partial charge is 0.673 e. The summed E-state index contributed by atoms with van der Waals surface area (Å²) >= 11 is 0. The van der Waals surface area contributed by atoms with Crippen molar-refractivity contribution in [2.24, 2.45) is 0 Å². The molecule has 2 aromatic rings. The van der Waals surface area contributed by atoms with E-state index >= 15 is 0 Å². The van der Waals surface area contributed by atoms with Crippen molar-refractivity contribution in [2.75, 3.05) is 30.8 Å². The lowest BCUT2D eigenvalue weighted by Crippen LogP contribution is -2.36. The van der Waals surface area contributed by atoms with E-state index in [0.717, 1.165) is 6.54 Å². The maximum absolute atomic E-state index is 13.5. The molecule has 0 fully saturated rings. The highest BCUT2D eigenvalue weighted by Gasteiger charge is 2.42. The zero-order valence-electron chi connectivity index (χ0n) is 22.9. The molecule has 0 amide bonds. The maximum Gasteiger partial charge on any atom is 0.673 e. The monoisotopic (exact) mass is 544 g/mol. The normalized spacial score (nSPS) is 15.9. The highest BCUT2D eigenvalue weighted by molar-refractivity contribution is 7.53. The van der Waals surface area contributed by atoms with E-state index in [1.54, 1.807) is 0 Å². The summed E-state index contributed by atoms with van der Waals surface area (Å²) in [4.78, 5) is 2.29. The van der Waals surface area contributed by atoms with E-state index in [1.165, 1.54) is 44.8 Å². The fourth-order valence-electron chi connectivity index (χ4n) is 5.14. The number of halogens is 4. The lowest BCUT2D eigenvalue weighted by atomic mass is 10.0. The molecule has 1 unspecified atom stereocenters. The van der Waals surface area contributed by atoms with Gasteiger partial charge in [-0.1, -0.05) is 35.4 Å². The Balaban J connectivity index is 0.000000877. The molecule has 5 nitrogen and oxygen atoms in total. The molecular formula is C26H38BF4N2O3P. The van der Waals surface area contributed by atoms with Gasteiger partial charge in [-0.3, -0.25) is 4.57 Å². The summed E-state index contributed by atoms with van der Waals surface area (Å²) < 4.78 is 66.1. The molecule has 0 spiro atoms. The molecule has 206 valence electrons. The van der Waals surface area contributed by atoms with Crippen LogP contribution in [-0.2, 0) is 13.6 Å². The van der Waals surface area contributed by atoms with Crippen LogP contribution in [0.4, 0.5) is 28.6 Å². The molecule has 0 aliphatic carbocycles. The Hall–Kier alpha value is -2.16. The van der Waals surface area contributed by atoms with Gasteiger partial charge in [-0.25, -0.2) is 9.48 Å². The first-order chi connectivity index (χ1) is 17.1. The lowest BCUT2D eigenvalue weighted by Gasteiger charge is -2.24. The molecule has 0 radical (unpaired) electrons. The fourth-order valence-corrected chi connectivity index (χ4v) is 7.02. The average molecular weight is 544 g/mol. The number of hydrogen-bond donors (Lipinski definition) is 0. The van der Waals surface area contributed by atoms with Gasteiger partial charge >= 0.3 is 14.9 Å². The van der Waals surface area contributed by atoms with Crippen molar-refractivity contribution in [1.82, 2.24) is 0 Å². The second-order valence-electron chi connectivity index (χ2n) is 9.45. The molecule has 11 heteroatoms. The zero-order valence-corrected chi connectivity index (χ0v) is 23.8. The molecule has 3 rings (SSSR count). The second kappa shape index (κ2) is 12.6. The molecule has 1 heterocycles. The van der Waals surface area contributed by atoms with Crippen LogP contribution in [-0.4, -0.2) is 50.1 Å². The molecule has 1 atom stereocenters. The predicted molar refractivity (Wildman–Crippen MR) is 144 cm³/mol. The summed E-state index contributed by atoms with van der Waals surface area (Å²) in [7, 11) is -9.20. The van der Waals surface area contributed by atoms with Crippen molar-refractivity contribution in [1.29, 1.82) is 0 Å². The minimum absolute atomic E-state index is 0.0286. The van der Waals surface area contributed by atoms with E-state index in [4.69, 9.17) is 9.05 Å². The molecule has 0 aromatic heterocycles. The van der Waals surface area contributed by atoms with E-state index in [-0.39, 0.29) is 6.04 Å². The van der Waals surface area contributed by atoms with Crippen LogP contribution >= 0.6 is 7.60 Å².